The number of halogens is 5. The van der Waals surface area contributed by atoms with Crippen molar-refractivity contribution in [2.45, 2.75) is 38.5 Å². The van der Waals surface area contributed by atoms with Crippen molar-refractivity contribution in [2.24, 2.45) is 0 Å². The number of ether oxygens (including phenoxy) is 1. The number of phenolic OH excluding ortho intramolecular Hbond substituents is 1. The minimum Gasteiger partial charge on any atom is -0.506 e. The van der Waals surface area contributed by atoms with E-state index >= 15 is 4.39 Å². The van der Waals surface area contributed by atoms with Crippen molar-refractivity contribution in [2.75, 3.05) is 30.4 Å². The molecule has 1 fully saturated rings. The number of nitriles is 1. The van der Waals surface area contributed by atoms with Crippen LogP contribution in [-0.2, 0) is 0 Å². The lowest BCUT2D eigenvalue weighted by Crippen LogP contribution is -2.39. The number of aromatic hydroxyl groups is 1. The highest BCUT2D eigenvalue weighted by molar-refractivity contribution is 7.23. The van der Waals surface area contributed by atoms with E-state index in [0.29, 0.717) is 12.1 Å². The third-order valence-electron chi connectivity index (χ3n) is 8.41. The lowest BCUT2D eigenvalue weighted by Gasteiger charge is -2.27. The predicted octanol–water partition coefficient (Wildman–Crippen LogP) is 7.37. The molecule has 6 rings (SSSR count). The predicted molar refractivity (Wildman–Crippen MR) is 177 cm³/mol. The lowest BCUT2D eigenvalue weighted by molar-refractivity contribution is 0.124. The van der Waals surface area contributed by atoms with E-state index in [0.717, 1.165) is 17.4 Å². The Labute approximate surface area is 280 Å². The topological polar surface area (TPSA) is 159 Å². The number of nitrogens with two attached hydrogens (primary N) is 2. The van der Waals surface area contributed by atoms with Crippen LogP contribution < -0.4 is 21.5 Å². The number of likely N-dealkylation sites (N-methyl/N-ethyl adjacent to an activating group) is 1. The Morgan fingerprint density at radius 2 is 1.96 bits per heavy atom. The van der Waals surface area contributed by atoms with E-state index in [4.69, 9.17) is 27.8 Å². The molecule has 0 saturated carbocycles. The summed E-state index contributed by atoms with van der Waals surface area (Å²) in [6.07, 6.45) is -1.08. The maximum Gasteiger partial charge on any atom is 0.319 e. The largest absolute Gasteiger partial charge is 0.506 e. The molecule has 0 bridgehead atoms. The summed E-state index contributed by atoms with van der Waals surface area (Å²) in [5.74, 6) is -2.28. The molecule has 6 N–H and O–H groups in total. The van der Waals surface area contributed by atoms with Crippen LogP contribution in [0.5, 0.6) is 11.8 Å². The van der Waals surface area contributed by atoms with Crippen molar-refractivity contribution in [1.82, 2.24) is 19.9 Å². The molecule has 5 aromatic rings. The molecule has 1 aliphatic heterocycles. The number of pyridine rings is 1. The van der Waals surface area contributed by atoms with Crippen LogP contribution in [0.25, 0.3) is 32.1 Å². The average Bonchev–Trinajstić information content (AvgIpc) is 3.60. The average molecular weight is 699 g/mol. The molecule has 4 heterocycles. The van der Waals surface area contributed by atoms with Crippen LogP contribution in [0.3, 0.4) is 0 Å². The molecule has 16 heteroatoms. The maximum absolute atomic E-state index is 16.9. The Morgan fingerprint density at radius 1 is 1.21 bits per heavy atom. The molecular formula is C32H27ClF4N8O2S. The third-order valence-corrected chi connectivity index (χ3v) is 9.81. The van der Waals surface area contributed by atoms with Crippen LogP contribution in [0, 0.1) is 23.0 Å². The van der Waals surface area contributed by atoms with Crippen LogP contribution in [0.2, 0.25) is 5.02 Å². The van der Waals surface area contributed by atoms with Gasteiger partial charge in [0.2, 0.25) is 0 Å². The Hall–Kier alpha value is -4.91. The number of likely N-dealkylation sites (tertiary alicyclic amines) is 1. The molecule has 3 atom stereocenters. The lowest BCUT2D eigenvalue weighted by atomic mass is 9.96. The summed E-state index contributed by atoms with van der Waals surface area (Å²) in [5.41, 5.74) is 11.6. The Morgan fingerprint density at radius 3 is 2.65 bits per heavy atom. The molecule has 0 aliphatic carbocycles. The molecule has 1 saturated heterocycles. The van der Waals surface area contributed by atoms with Gasteiger partial charge in [-0.1, -0.05) is 23.7 Å². The number of rotatable bonds is 7. The zero-order valence-electron chi connectivity index (χ0n) is 25.6. The number of phenols is 1. The molecule has 0 radical (unpaired) electrons. The van der Waals surface area contributed by atoms with Crippen LogP contribution >= 0.6 is 22.9 Å². The van der Waals surface area contributed by atoms with Gasteiger partial charge in [-0.3, -0.25) is 4.90 Å². The van der Waals surface area contributed by atoms with Gasteiger partial charge in [0.1, 0.15) is 45.9 Å². The van der Waals surface area contributed by atoms with E-state index in [1.807, 2.05) is 6.07 Å². The normalized spacial score (nSPS) is 16.3. The number of thiophene rings is 1. The Balaban J connectivity index is 1.58. The zero-order valence-corrected chi connectivity index (χ0v) is 27.1. The Kier molecular flexibility index (Phi) is 8.67. The number of anilines is 3. The molecule has 3 aromatic heterocycles. The number of nitrogen functional groups attached to an aromatic ring is 2. The summed E-state index contributed by atoms with van der Waals surface area (Å²) in [7, 11) is 1.68. The third kappa shape index (κ3) is 5.45. The summed E-state index contributed by atoms with van der Waals surface area (Å²) >= 11 is 7.47. The maximum atomic E-state index is 16.9. The number of aromatic nitrogens is 3. The SMILES string of the molecule is C[C@H](Oc1nc(N[C@H](C)c2cccnc2N)c2c(O)c(Cl)c(-c3ccc(F)c4sc(N)c(C#N)c34)c(F)c2n1)[C@@H]1C(=C(F)F)CCN1C. The molecular weight excluding hydrogens is 672 g/mol. The molecule has 248 valence electrons. The van der Waals surface area contributed by atoms with Crippen molar-refractivity contribution in [1.29, 1.82) is 5.26 Å². The van der Waals surface area contributed by atoms with Gasteiger partial charge in [0.25, 0.3) is 6.08 Å². The van der Waals surface area contributed by atoms with Crippen LogP contribution in [0.4, 0.5) is 34.2 Å². The minimum absolute atomic E-state index is 0.00739. The van der Waals surface area contributed by atoms with Crippen molar-refractivity contribution >= 4 is 60.6 Å². The van der Waals surface area contributed by atoms with Gasteiger partial charge < -0.3 is 26.6 Å². The van der Waals surface area contributed by atoms with E-state index in [2.05, 4.69) is 20.3 Å². The van der Waals surface area contributed by atoms with Crippen molar-refractivity contribution in [3.8, 4) is 29.0 Å². The first-order valence-corrected chi connectivity index (χ1v) is 15.7. The first-order chi connectivity index (χ1) is 22.8. The summed E-state index contributed by atoms with van der Waals surface area (Å²) in [6, 6.07) is 5.78. The van der Waals surface area contributed by atoms with E-state index in [9.17, 15) is 23.5 Å². The van der Waals surface area contributed by atoms with E-state index < -0.39 is 58.2 Å². The quantitative estimate of drug-likeness (QED) is 0.126. The van der Waals surface area contributed by atoms with Gasteiger partial charge >= 0.3 is 6.01 Å². The van der Waals surface area contributed by atoms with Crippen molar-refractivity contribution in [3.05, 3.63) is 69.9 Å². The highest BCUT2D eigenvalue weighted by Gasteiger charge is 2.36. The molecule has 10 nitrogen and oxygen atoms in total. The number of nitrogens with zero attached hydrogens (tertiary/aromatic N) is 5. The number of hydrogen-bond donors (Lipinski definition) is 4. The molecule has 0 unspecified atom stereocenters. The van der Waals surface area contributed by atoms with Crippen molar-refractivity contribution < 1.29 is 27.4 Å². The number of fused-ring (bicyclic) bond motifs is 2. The second-order valence-corrected chi connectivity index (χ2v) is 12.7. The van der Waals surface area contributed by atoms with Gasteiger partial charge in [-0.2, -0.15) is 24.0 Å². The van der Waals surface area contributed by atoms with Crippen LogP contribution in [0.15, 0.2) is 42.1 Å². The number of nitrogens with one attached hydrogen (secondary N) is 1. The van der Waals surface area contributed by atoms with Gasteiger partial charge in [-0.15, -0.1) is 11.3 Å². The number of hydrogen-bond acceptors (Lipinski definition) is 11. The van der Waals surface area contributed by atoms with E-state index in [-0.39, 0.29) is 60.8 Å². The summed E-state index contributed by atoms with van der Waals surface area (Å²) < 4.78 is 65.4. The summed E-state index contributed by atoms with van der Waals surface area (Å²) in [6.45, 7) is 3.66. The fraction of sp³-hybridized carbons (Fsp3) is 0.250. The Bertz CT molecular complexity index is 2190. The van der Waals surface area contributed by atoms with Crippen LogP contribution in [0.1, 0.15) is 37.4 Å². The van der Waals surface area contributed by atoms with E-state index in [1.165, 1.54) is 12.3 Å². The highest BCUT2D eigenvalue weighted by atomic mass is 35.5. The monoisotopic (exact) mass is 698 g/mol. The number of benzene rings is 2. The smallest absolute Gasteiger partial charge is 0.319 e. The van der Waals surface area contributed by atoms with Gasteiger partial charge in [-0.05, 0) is 45.0 Å². The second kappa shape index (κ2) is 12.6. The minimum atomic E-state index is -1.81. The first-order valence-electron chi connectivity index (χ1n) is 14.5. The molecule has 48 heavy (non-hydrogen) atoms. The molecule has 2 aromatic carbocycles. The van der Waals surface area contributed by atoms with E-state index in [1.54, 1.807) is 37.9 Å². The first kappa shape index (κ1) is 33.0. The van der Waals surface area contributed by atoms with Gasteiger partial charge in [0, 0.05) is 34.8 Å². The molecule has 0 amide bonds. The van der Waals surface area contributed by atoms with Crippen molar-refractivity contribution in [3.63, 3.8) is 0 Å². The van der Waals surface area contributed by atoms with Crippen LogP contribution in [-0.4, -0.2) is 50.7 Å². The fourth-order valence-electron chi connectivity index (χ4n) is 6.18. The fourth-order valence-corrected chi connectivity index (χ4v) is 7.40. The summed E-state index contributed by atoms with van der Waals surface area (Å²) in [5, 5.41) is 23.8. The van der Waals surface area contributed by atoms with Gasteiger partial charge in [-0.25, -0.2) is 13.8 Å². The van der Waals surface area contributed by atoms with Gasteiger partial charge in [0.15, 0.2) is 5.82 Å². The molecule has 0 spiro atoms. The second-order valence-electron chi connectivity index (χ2n) is 11.3. The highest BCUT2D eigenvalue weighted by Crippen LogP contribution is 2.49. The standard InChI is InChI=1S/C32H27ClF4N8O2S/c1-12(14-5-4-9-41-29(14)39)42-31-21-24(43-32(44-31)47-13(2)25-16(28(36)37)8-10-45(25)3)23(35)20(22(33)26(21)46)15-6-7-18(34)27-19(15)17(11-38)30(40)48-27/h4-7,9,12-13,25,46H,8,10,40H2,1-3H3,(H2,39,41)(H,42,43,44)/t12-,13+,25-/m1/s1. The molecule has 1 aliphatic rings. The summed E-state index contributed by atoms with van der Waals surface area (Å²) in [4.78, 5) is 14.5. The van der Waals surface area contributed by atoms with Gasteiger partial charge in [0.05, 0.1) is 32.8 Å². The zero-order chi connectivity index (χ0) is 34.6.